The van der Waals surface area contributed by atoms with E-state index in [1.165, 1.54) is 12.1 Å². The lowest BCUT2D eigenvalue weighted by atomic mass is 9.86. The van der Waals surface area contributed by atoms with Crippen LogP contribution in [0.15, 0.2) is 30.5 Å². The minimum atomic E-state index is -0.232. The molecule has 0 unspecified atom stereocenters. The van der Waals surface area contributed by atoms with E-state index in [4.69, 9.17) is 4.74 Å². The Hall–Kier alpha value is -2.41. The zero-order valence-electron chi connectivity index (χ0n) is 16.9. The van der Waals surface area contributed by atoms with E-state index in [0.717, 1.165) is 49.4 Å². The van der Waals surface area contributed by atoms with Crippen molar-refractivity contribution in [1.29, 1.82) is 0 Å². The normalized spacial score (nSPS) is 19.3. The minimum absolute atomic E-state index is 0.232. The van der Waals surface area contributed by atoms with Crippen LogP contribution >= 0.6 is 0 Å². The van der Waals surface area contributed by atoms with Crippen molar-refractivity contribution in [2.75, 3.05) is 38.0 Å². The fourth-order valence-corrected chi connectivity index (χ4v) is 3.66. The molecule has 2 aromatic rings. The molecule has 7 heteroatoms. The Morgan fingerprint density at radius 2 is 1.96 bits per heavy atom. The number of hydrogen-bond acceptors (Lipinski definition) is 6. The molecule has 0 bridgehead atoms. The van der Waals surface area contributed by atoms with E-state index < -0.39 is 0 Å². The van der Waals surface area contributed by atoms with Crippen LogP contribution in [-0.4, -0.2) is 43.8 Å². The fraction of sp³-hybridized carbons (Fsp3) is 0.524. The highest BCUT2D eigenvalue weighted by atomic mass is 19.1. The summed E-state index contributed by atoms with van der Waals surface area (Å²) in [6.07, 6.45) is 6.30. The summed E-state index contributed by atoms with van der Waals surface area (Å²) in [5, 5.41) is 6.93. The molecule has 1 fully saturated rings. The van der Waals surface area contributed by atoms with Gasteiger partial charge in [-0.05, 0) is 62.4 Å². The molecule has 0 radical (unpaired) electrons. The fourth-order valence-electron chi connectivity index (χ4n) is 3.66. The number of halogens is 1. The second-order valence-electron chi connectivity index (χ2n) is 7.58. The summed E-state index contributed by atoms with van der Waals surface area (Å²) in [7, 11) is 5.57. The average molecular weight is 388 g/mol. The van der Waals surface area contributed by atoms with Crippen molar-refractivity contribution >= 4 is 11.8 Å². The van der Waals surface area contributed by atoms with Gasteiger partial charge in [-0.3, -0.25) is 0 Å². The zero-order valence-corrected chi connectivity index (χ0v) is 16.9. The molecular formula is C21H30FN5O. The second kappa shape index (κ2) is 9.68. The number of ether oxygens (including phenoxy) is 1. The first kappa shape index (κ1) is 20.3. The predicted octanol–water partition coefficient (Wildman–Crippen LogP) is 3.45. The number of nitrogens with one attached hydrogen (secondary N) is 2. The molecule has 1 saturated carbocycles. The number of rotatable bonds is 8. The largest absolute Gasteiger partial charge is 0.496 e. The van der Waals surface area contributed by atoms with E-state index >= 15 is 0 Å². The van der Waals surface area contributed by atoms with Gasteiger partial charge in [-0.1, -0.05) is 0 Å². The van der Waals surface area contributed by atoms with Crippen LogP contribution in [0.25, 0.3) is 0 Å². The van der Waals surface area contributed by atoms with Crippen LogP contribution in [0.2, 0.25) is 0 Å². The summed E-state index contributed by atoms with van der Waals surface area (Å²) in [5.41, 5.74) is 0.857. The smallest absolute Gasteiger partial charge is 0.224 e. The lowest BCUT2D eigenvalue weighted by Gasteiger charge is -2.29. The first-order chi connectivity index (χ1) is 13.5. The van der Waals surface area contributed by atoms with Gasteiger partial charge in [0.15, 0.2) is 0 Å². The van der Waals surface area contributed by atoms with Gasteiger partial charge in [-0.2, -0.15) is 4.98 Å². The third-order valence-electron chi connectivity index (χ3n) is 5.27. The van der Waals surface area contributed by atoms with E-state index in [-0.39, 0.29) is 5.82 Å². The third kappa shape index (κ3) is 5.55. The molecule has 0 amide bonds. The highest BCUT2D eigenvalue weighted by Crippen LogP contribution is 2.26. The van der Waals surface area contributed by atoms with Crippen molar-refractivity contribution in [3.63, 3.8) is 0 Å². The number of anilines is 2. The molecule has 152 valence electrons. The Morgan fingerprint density at radius 3 is 2.68 bits per heavy atom. The van der Waals surface area contributed by atoms with Crippen molar-refractivity contribution in [2.24, 2.45) is 5.92 Å². The van der Waals surface area contributed by atoms with Crippen LogP contribution in [0.5, 0.6) is 5.75 Å². The van der Waals surface area contributed by atoms with Gasteiger partial charge in [-0.25, -0.2) is 9.37 Å². The van der Waals surface area contributed by atoms with E-state index in [1.807, 2.05) is 25.1 Å². The molecule has 1 aliphatic rings. The molecule has 3 rings (SSSR count). The SMILES string of the molecule is COc1ccc(F)cc1CNCC1CCC(Nc2nccc(N(C)C)n2)CC1. The number of hydrogen-bond donors (Lipinski definition) is 2. The first-order valence-electron chi connectivity index (χ1n) is 9.85. The molecule has 1 aromatic carbocycles. The Morgan fingerprint density at radius 1 is 1.18 bits per heavy atom. The van der Waals surface area contributed by atoms with Crippen molar-refractivity contribution in [1.82, 2.24) is 15.3 Å². The molecule has 1 aliphatic carbocycles. The Kier molecular flexibility index (Phi) is 7.03. The van der Waals surface area contributed by atoms with Crippen LogP contribution in [0.4, 0.5) is 16.2 Å². The molecule has 1 heterocycles. The van der Waals surface area contributed by atoms with E-state index in [1.54, 1.807) is 19.4 Å². The molecule has 0 saturated heterocycles. The molecule has 2 N–H and O–H groups in total. The number of aromatic nitrogens is 2. The summed E-state index contributed by atoms with van der Waals surface area (Å²) < 4.78 is 18.8. The minimum Gasteiger partial charge on any atom is -0.496 e. The molecule has 1 aromatic heterocycles. The van der Waals surface area contributed by atoms with Crippen molar-refractivity contribution in [2.45, 2.75) is 38.3 Å². The van der Waals surface area contributed by atoms with E-state index in [0.29, 0.717) is 24.5 Å². The van der Waals surface area contributed by atoms with Crippen LogP contribution < -0.4 is 20.3 Å². The number of methoxy groups -OCH3 is 1. The average Bonchev–Trinajstić information content (AvgIpc) is 2.70. The molecule has 0 atom stereocenters. The van der Waals surface area contributed by atoms with Gasteiger partial charge >= 0.3 is 0 Å². The van der Waals surface area contributed by atoms with Gasteiger partial charge in [0.05, 0.1) is 7.11 Å². The third-order valence-corrected chi connectivity index (χ3v) is 5.27. The monoisotopic (exact) mass is 387 g/mol. The lowest BCUT2D eigenvalue weighted by molar-refractivity contribution is 0.322. The summed E-state index contributed by atoms with van der Waals surface area (Å²) >= 11 is 0. The van der Waals surface area contributed by atoms with E-state index in [9.17, 15) is 4.39 Å². The second-order valence-corrected chi connectivity index (χ2v) is 7.58. The molecule has 28 heavy (non-hydrogen) atoms. The standard InChI is InChI=1S/C21H30FN5O/c1-27(2)20-10-11-24-21(26-20)25-18-7-4-15(5-8-18)13-23-14-16-12-17(22)6-9-19(16)28-3/h6,9-12,15,18,23H,4-5,7-8,13-14H2,1-3H3,(H,24,25,26). The van der Waals surface area contributed by atoms with Crippen LogP contribution in [0, 0.1) is 11.7 Å². The van der Waals surface area contributed by atoms with Crippen molar-refractivity contribution in [3.05, 3.63) is 41.8 Å². The molecular weight excluding hydrogens is 357 g/mol. The van der Waals surface area contributed by atoms with Gasteiger partial charge in [0, 0.05) is 38.4 Å². The van der Waals surface area contributed by atoms with Gasteiger partial charge in [0.2, 0.25) is 5.95 Å². The predicted molar refractivity (Wildman–Crippen MR) is 110 cm³/mol. The van der Waals surface area contributed by atoms with Gasteiger partial charge < -0.3 is 20.3 Å². The summed E-state index contributed by atoms with van der Waals surface area (Å²) in [5.74, 6) is 2.73. The maximum Gasteiger partial charge on any atom is 0.224 e. The molecule has 6 nitrogen and oxygen atoms in total. The number of benzene rings is 1. The summed E-state index contributed by atoms with van der Waals surface area (Å²) in [6.45, 7) is 1.54. The quantitative estimate of drug-likeness (QED) is 0.723. The van der Waals surface area contributed by atoms with Gasteiger partial charge in [0.1, 0.15) is 17.4 Å². The van der Waals surface area contributed by atoms with Crippen LogP contribution in [0.3, 0.4) is 0 Å². The molecule has 0 spiro atoms. The first-order valence-corrected chi connectivity index (χ1v) is 9.85. The number of nitrogens with zero attached hydrogens (tertiary/aromatic N) is 3. The van der Waals surface area contributed by atoms with Crippen molar-refractivity contribution in [3.8, 4) is 5.75 Å². The summed E-state index contributed by atoms with van der Waals surface area (Å²) in [6, 6.07) is 6.96. The van der Waals surface area contributed by atoms with E-state index in [2.05, 4.69) is 20.6 Å². The Balaban J connectivity index is 1.42. The Labute approximate surface area is 166 Å². The van der Waals surface area contributed by atoms with Gasteiger partial charge in [0.25, 0.3) is 0 Å². The maximum atomic E-state index is 13.5. The lowest BCUT2D eigenvalue weighted by Crippen LogP contribution is -2.31. The Bertz CT molecular complexity index is 762. The van der Waals surface area contributed by atoms with Crippen molar-refractivity contribution < 1.29 is 9.13 Å². The zero-order chi connectivity index (χ0) is 19.9. The molecule has 0 aliphatic heterocycles. The van der Waals surface area contributed by atoms with Crippen LogP contribution in [-0.2, 0) is 6.54 Å². The maximum absolute atomic E-state index is 13.5. The van der Waals surface area contributed by atoms with Crippen LogP contribution in [0.1, 0.15) is 31.2 Å². The highest BCUT2D eigenvalue weighted by Gasteiger charge is 2.21. The summed E-state index contributed by atoms with van der Waals surface area (Å²) in [4.78, 5) is 10.9. The van der Waals surface area contributed by atoms with Gasteiger partial charge in [-0.15, -0.1) is 0 Å². The highest BCUT2D eigenvalue weighted by molar-refractivity contribution is 5.41. The topological polar surface area (TPSA) is 62.3 Å².